The zero-order chi connectivity index (χ0) is 10.8. The van der Waals surface area contributed by atoms with Crippen molar-refractivity contribution in [1.29, 1.82) is 0 Å². The van der Waals surface area contributed by atoms with Gasteiger partial charge in [-0.2, -0.15) is 0 Å². The third kappa shape index (κ3) is 3.29. The maximum atomic E-state index is 10.8. The van der Waals surface area contributed by atoms with Crippen LogP contribution in [0.15, 0.2) is 0 Å². The highest BCUT2D eigenvalue weighted by molar-refractivity contribution is 5.73. The second-order valence-corrected chi connectivity index (χ2v) is 5.27. The minimum absolute atomic E-state index is 0.154. The summed E-state index contributed by atoms with van der Waals surface area (Å²) in [5.74, 6) is 0.366. The summed E-state index contributed by atoms with van der Waals surface area (Å²) in [6.07, 6.45) is 2.79. The molecule has 0 bridgehead atoms. The molecule has 1 aliphatic rings. The molecule has 0 spiro atoms. The van der Waals surface area contributed by atoms with Gasteiger partial charge in [-0.1, -0.05) is 0 Å². The molecule has 3 nitrogen and oxygen atoms in total. The van der Waals surface area contributed by atoms with Crippen LogP contribution in [0.5, 0.6) is 0 Å². The molecule has 0 aromatic rings. The average Bonchev–Trinajstić information content (AvgIpc) is 2.02. The van der Waals surface area contributed by atoms with E-state index in [2.05, 4.69) is 25.7 Å². The van der Waals surface area contributed by atoms with Crippen LogP contribution in [-0.4, -0.2) is 29.4 Å². The number of piperidine rings is 1. The fourth-order valence-corrected chi connectivity index (χ4v) is 2.09. The van der Waals surface area contributed by atoms with Crippen LogP contribution in [-0.2, 0) is 4.79 Å². The third-order valence-corrected chi connectivity index (χ3v) is 3.05. The number of carbonyl (C=O) groups is 1. The first kappa shape index (κ1) is 11.5. The fourth-order valence-electron chi connectivity index (χ4n) is 2.09. The molecule has 0 saturated carbocycles. The smallest absolute Gasteiger partial charge is 0.217 e. The predicted octanol–water partition coefficient (Wildman–Crippen LogP) is 1.37. The molecule has 0 aromatic carbocycles. The summed E-state index contributed by atoms with van der Waals surface area (Å²) < 4.78 is 0. The quantitative estimate of drug-likeness (QED) is 0.728. The van der Waals surface area contributed by atoms with Crippen LogP contribution in [0.3, 0.4) is 0 Å². The Morgan fingerprint density at radius 2 is 1.86 bits per heavy atom. The molecule has 1 rings (SSSR count). The number of likely N-dealkylation sites (tertiary alicyclic amines) is 1. The van der Waals surface area contributed by atoms with Gasteiger partial charge in [-0.05, 0) is 52.6 Å². The standard InChI is InChI=1S/C11H22N2O/c1-11(2,3)13-6-4-9(5-7-13)8-10(12)14/h9H,4-8H2,1-3H3,(H2,12,14). The fraction of sp³-hybridized carbons (Fsp3) is 0.909. The van der Waals surface area contributed by atoms with E-state index in [0.29, 0.717) is 12.3 Å². The monoisotopic (exact) mass is 198 g/mol. The van der Waals surface area contributed by atoms with E-state index in [4.69, 9.17) is 5.73 Å². The van der Waals surface area contributed by atoms with Crippen molar-refractivity contribution >= 4 is 5.91 Å². The molecule has 0 atom stereocenters. The highest BCUT2D eigenvalue weighted by atomic mass is 16.1. The largest absolute Gasteiger partial charge is 0.370 e. The molecule has 0 aromatic heterocycles. The van der Waals surface area contributed by atoms with E-state index in [-0.39, 0.29) is 11.4 Å². The van der Waals surface area contributed by atoms with Crippen molar-refractivity contribution in [3.05, 3.63) is 0 Å². The summed E-state index contributed by atoms with van der Waals surface area (Å²) in [5.41, 5.74) is 5.45. The molecule has 2 N–H and O–H groups in total. The molecule has 0 unspecified atom stereocenters. The van der Waals surface area contributed by atoms with Crippen molar-refractivity contribution in [2.45, 2.75) is 45.6 Å². The third-order valence-electron chi connectivity index (χ3n) is 3.05. The first-order chi connectivity index (χ1) is 6.39. The number of hydrogen-bond acceptors (Lipinski definition) is 2. The number of nitrogens with zero attached hydrogens (tertiary/aromatic N) is 1. The predicted molar refractivity (Wildman–Crippen MR) is 57.9 cm³/mol. The molecule has 1 heterocycles. The molecule has 1 saturated heterocycles. The number of primary amides is 1. The van der Waals surface area contributed by atoms with Crippen LogP contribution < -0.4 is 5.73 Å². The molecule has 1 aliphatic heterocycles. The molecule has 3 heteroatoms. The number of carbonyl (C=O) groups excluding carboxylic acids is 1. The van der Waals surface area contributed by atoms with Gasteiger partial charge < -0.3 is 5.73 Å². The van der Waals surface area contributed by atoms with Gasteiger partial charge in [0.15, 0.2) is 0 Å². The maximum absolute atomic E-state index is 10.8. The second-order valence-electron chi connectivity index (χ2n) is 5.27. The lowest BCUT2D eigenvalue weighted by Crippen LogP contribution is -2.46. The molecule has 14 heavy (non-hydrogen) atoms. The molecule has 1 amide bonds. The summed E-state index contributed by atoms with van der Waals surface area (Å²) in [6, 6.07) is 0. The first-order valence-corrected chi connectivity index (χ1v) is 5.43. The Balaban J connectivity index is 2.35. The summed E-state index contributed by atoms with van der Waals surface area (Å²) in [5, 5.41) is 0. The highest BCUT2D eigenvalue weighted by Gasteiger charge is 2.27. The van der Waals surface area contributed by atoms with Gasteiger partial charge in [0, 0.05) is 12.0 Å². The number of hydrogen-bond donors (Lipinski definition) is 1. The number of nitrogens with two attached hydrogens (primary N) is 1. The van der Waals surface area contributed by atoms with Crippen LogP contribution >= 0.6 is 0 Å². The highest BCUT2D eigenvalue weighted by Crippen LogP contribution is 2.25. The van der Waals surface area contributed by atoms with E-state index in [1.54, 1.807) is 0 Å². The van der Waals surface area contributed by atoms with Gasteiger partial charge in [-0.3, -0.25) is 9.69 Å². The van der Waals surface area contributed by atoms with E-state index in [0.717, 1.165) is 25.9 Å². The normalized spacial score (nSPS) is 21.1. The molecule has 0 aliphatic carbocycles. The van der Waals surface area contributed by atoms with Gasteiger partial charge >= 0.3 is 0 Å². The van der Waals surface area contributed by atoms with Crippen molar-refractivity contribution in [3.8, 4) is 0 Å². The van der Waals surface area contributed by atoms with Crippen LogP contribution in [0.25, 0.3) is 0 Å². The maximum Gasteiger partial charge on any atom is 0.217 e. The Kier molecular flexibility index (Phi) is 3.53. The van der Waals surface area contributed by atoms with Gasteiger partial charge in [-0.15, -0.1) is 0 Å². The summed E-state index contributed by atoms with van der Waals surface area (Å²) >= 11 is 0. The molecule has 1 fully saturated rings. The van der Waals surface area contributed by atoms with Crippen molar-refractivity contribution < 1.29 is 4.79 Å². The minimum atomic E-state index is -0.154. The van der Waals surface area contributed by atoms with Gasteiger partial charge in [0.25, 0.3) is 0 Å². The topological polar surface area (TPSA) is 46.3 Å². The van der Waals surface area contributed by atoms with Crippen LogP contribution in [0.4, 0.5) is 0 Å². The van der Waals surface area contributed by atoms with E-state index >= 15 is 0 Å². The van der Waals surface area contributed by atoms with Crippen LogP contribution in [0.1, 0.15) is 40.0 Å². The Hall–Kier alpha value is -0.570. The van der Waals surface area contributed by atoms with E-state index in [1.807, 2.05) is 0 Å². The second kappa shape index (κ2) is 4.30. The van der Waals surface area contributed by atoms with E-state index < -0.39 is 0 Å². The number of rotatable bonds is 2. The Bertz CT molecular complexity index is 200. The lowest BCUT2D eigenvalue weighted by molar-refractivity contribution is -0.119. The summed E-state index contributed by atoms with van der Waals surface area (Å²) in [7, 11) is 0. The Labute approximate surface area is 86.6 Å². The zero-order valence-corrected chi connectivity index (χ0v) is 9.55. The Morgan fingerprint density at radius 3 is 2.21 bits per heavy atom. The molecule has 0 radical (unpaired) electrons. The molecule has 82 valence electrons. The SMILES string of the molecule is CC(C)(C)N1CCC(CC(N)=O)CC1. The summed E-state index contributed by atoms with van der Waals surface area (Å²) in [4.78, 5) is 13.2. The van der Waals surface area contributed by atoms with Crippen molar-refractivity contribution in [2.75, 3.05) is 13.1 Å². The van der Waals surface area contributed by atoms with Crippen LogP contribution in [0.2, 0.25) is 0 Å². The van der Waals surface area contributed by atoms with Crippen molar-refractivity contribution in [3.63, 3.8) is 0 Å². The van der Waals surface area contributed by atoms with Gasteiger partial charge in [0.05, 0.1) is 0 Å². The number of amides is 1. The Morgan fingerprint density at radius 1 is 1.36 bits per heavy atom. The van der Waals surface area contributed by atoms with Gasteiger partial charge in [0.2, 0.25) is 5.91 Å². The van der Waals surface area contributed by atoms with E-state index in [9.17, 15) is 4.79 Å². The average molecular weight is 198 g/mol. The minimum Gasteiger partial charge on any atom is -0.370 e. The summed E-state index contributed by atoms with van der Waals surface area (Å²) in [6.45, 7) is 8.91. The molecular weight excluding hydrogens is 176 g/mol. The van der Waals surface area contributed by atoms with Crippen molar-refractivity contribution in [1.82, 2.24) is 4.90 Å². The lowest BCUT2D eigenvalue weighted by Gasteiger charge is -2.40. The van der Waals surface area contributed by atoms with E-state index in [1.165, 1.54) is 0 Å². The van der Waals surface area contributed by atoms with Gasteiger partial charge in [-0.25, -0.2) is 0 Å². The van der Waals surface area contributed by atoms with Gasteiger partial charge in [0.1, 0.15) is 0 Å². The lowest BCUT2D eigenvalue weighted by atomic mass is 9.90. The van der Waals surface area contributed by atoms with Crippen molar-refractivity contribution in [2.24, 2.45) is 11.7 Å². The van der Waals surface area contributed by atoms with Crippen LogP contribution in [0, 0.1) is 5.92 Å². The first-order valence-electron chi connectivity index (χ1n) is 5.43. The zero-order valence-electron chi connectivity index (χ0n) is 9.55. The molecular formula is C11H22N2O.